The number of carbonyl (C=O) groups is 3. The van der Waals surface area contributed by atoms with Gasteiger partial charge in [-0.25, -0.2) is 4.79 Å². The van der Waals surface area contributed by atoms with Crippen LogP contribution >= 0.6 is 0 Å². The van der Waals surface area contributed by atoms with E-state index in [-0.39, 0.29) is 19.4 Å². The predicted molar refractivity (Wildman–Crippen MR) is 74.4 cm³/mol. The average molecular weight is 296 g/mol. The third-order valence-corrected chi connectivity index (χ3v) is 2.85. The Bertz CT molecular complexity index is 524. The van der Waals surface area contributed by atoms with Crippen molar-refractivity contribution in [3.05, 3.63) is 17.5 Å². The smallest absolute Gasteiger partial charge is 0.321 e. The Morgan fingerprint density at radius 3 is 2.52 bits per heavy atom. The molecule has 3 N–H and O–H groups in total. The molecule has 0 aliphatic rings. The number of carboxylic acid groups (broad SMARTS) is 1. The summed E-state index contributed by atoms with van der Waals surface area (Å²) in [5.41, 5.74) is 1.69. The molecule has 0 radical (unpaired) electrons. The number of unbranched alkanes of at least 4 members (excludes halogenated alkanes) is 1. The van der Waals surface area contributed by atoms with E-state index in [1.54, 1.807) is 17.9 Å². The number of nitrogens with one attached hydrogen (secondary N) is 2. The van der Waals surface area contributed by atoms with Crippen molar-refractivity contribution in [1.82, 2.24) is 20.4 Å². The molecule has 0 spiro atoms. The molecule has 0 atom stereocenters. The summed E-state index contributed by atoms with van der Waals surface area (Å²) in [5, 5.41) is 17.4. The first-order valence-corrected chi connectivity index (χ1v) is 6.67. The number of aryl methyl sites for hydroxylation is 2. The zero-order valence-electron chi connectivity index (χ0n) is 12.2. The number of imide groups is 1. The van der Waals surface area contributed by atoms with Crippen LogP contribution in [0.4, 0.5) is 4.79 Å². The molecule has 0 saturated heterocycles. The lowest BCUT2D eigenvalue weighted by molar-refractivity contribution is -0.137. The van der Waals surface area contributed by atoms with Crippen molar-refractivity contribution >= 4 is 17.9 Å². The molecule has 0 fully saturated rings. The zero-order chi connectivity index (χ0) is 15.8. The van der Waals surface area contributed by atoms with Gasteiger partial charge in [0, 0.05) is 38.2 Å². The molecular weight excluding hydrogens is 276 g/mol. The van der Waals surface area contributed by atoms with E-state index in [0.717, 1.165) is 11.3 Å². The van der Waals surface area contributed by atoms with E-state index in [2.05, 4.69) is 15.7 Å². The van der Waals surface area contributed by atoms with E-state index in [0.29, 0.717) is 12.8 Å². The van der Waals surface area contributed by atoms with E-state index < -0.39 is 17.9 Å². The van der Waals surface area contributed by atoms with E-state index in [4.69, 9.17) is 5.11 Å². The lowest BCUT2D eigenvalue weighted by Gasteiger charge is -2.06. The maximum atomic E-state index is 11.5. The van der Waals surface area contributed by atoms with Crippen LogP contribution in [-0.4, -0.2) is 32.8 Å². The van der Waals surface area contributed by atoms with Crippen molar-refractivity contribution in [2.24, 2.45) is 7.05 Å². The summed E-state index contributed by atoms with van der Waals surface area (Å²) in [7, 11) is 1.79. The van der Waals surface area contributed by atoms with E-state index in [1.165, 1.54) is 0 Å². The van der Waals surface area contributed by atoms with Gasteiger partial charge in [-0.2, -0.15) is 5.10 Å². The van der Waals surface area contributed by atoms with Gasteiger partial charge >= 0.3 is 12.0 Å². The topological polar surface area (TPSA) is 113 Å². The van der Waals surface area contributed by atoms with Gasteiger partial charge in [0.05, 0.1) is 5.69 Å². The maximum absolute atomic E-state index is 11.5. The highest BCUT2D eigenvalue weighted by Crippen LogP contribution is 2.03. The number of rotatable bonds is 7. The van der Waals surface area contributed by atoms with Crippen molar-refractivity contribution in [2.75, 3.05) is 0 Å². The minimum absolute atomic E-state index is 0.0275. The van der Waals surface area contributed by atoms with Crippen LogP contribution < -0.4 is 10.6 Å². The molecule has 8 heteroatoms. The summed E-state index contributed by atoms with van der Waals surface area (Å²) in [5.74, 6) is -1.30. The largest absolute Gasteiger partial charge is 0.481 e. The second-order valence-corrected chi connectivity index (χ2v) is 4.75. The van der Waals surface area contributed by atoms with Gasteiger partial charge in [0.15, 0.2) is 0 Å². The van der Waals surface area contributed by atoms with Crippen molar-refractivity contribution < 1.29 is 19.5 Å². The summed E-state index contributed by atoms with van der Waals surface area (Å²) in [6.45, 7) is 2.13. The number of aromatic nitrogens is 2. The summed E-state index contributed by atoms with van der Waals surface area (Å²) in [4.78, 5) is 33.3. The van der Waals surface area contributed by atoms with Gasteiger partial charge in [-0.15, -0.1) is 0 Å². The van der Waals surface area contributed by atoms with Gasteiger partial charge in [-0.05, 0) is 19.8 Å². The second kappa shape index (κ2) is 8.03. The predicted octanol–water partition coefficient (Wildman–Crippen LogP) is 0.699. The van der Waals surface area contributed by atoms with Crippen LogP contribution in [0.15, 0.2) is 6.20 Å². The molecule has 8 nitrogen and oxygen atoms in total. The molecule has 0 aliphatic carbocycles. The molecule has 0 bridgehead atoms. The summed E-state index contributed by atoms with van der Waals surface area (Å²) >= 11 is 0. The number of aliphatic carboxylic acids is 1. The van der Waals surface area contributed by atoms with Crippen LogP contribution in [0.1, 0.15) is 36.9 Å². The fourth-order valence-electron chi connectivity index (χ4n) is 1.79. The Labute approximate surface area is 122 Å². The minimum Gasteiger partial charge on any atom is -0.481 e. The third-order valence-electron chi connectivity index (χ3n) is 2.85. The number of amides is 3. The molecule has 0 aliphatic heterocycles. The van der Waals surface area contributed by atoms with Gasteiger partial charge in [-0.1, -0.05) is 0 Å². The van der Waals surface area contributed by atoms with Crippen molar-refractivity contribution in [2.45, 2.75) is 39.2 Å². The first-order valence-electron chi connectivity index (χ1n) is 6.67. The highest BCUT2D eigenvalue weighted by atomic mass is 16.4. The first kappa shape index (κ1) is 16.7. The molecule has 3 amide bonds. The Hall–Kier alpha value is -2.38. The third kappa shape index (κ3) is 6.55. The van der Waals surface area contributed by atoms with Crippen LogP contribution in [0.3, 0.4) is 0 Å². The molecule has 1 aromatic heterocycles. The van der Waals surface area contributed by atoms with Crippen molar-refractivity contribution in [3.8, 4) is 0 Å². The number of nitrogens with zero attached hydrogens (tertiary/aromatic N) is 2. The van der Waals surface area contributed by atoms with Crippen LogP contribution in [0.25, 0.3) is 0 Å². The van der Waals surface area contributed by atoms with Crippen molar-refractivity contribution in [3.63, 3.8) is 0 Å². The van der Waals surface area contributed by atoms with Crippen molar-refractivity contribution in [1.29, 1.82) is 0 Å². The Morgan fingerprint density at radius 2 is 1.95 bits per heavy atom. The number of carbonyl (C=O) groups excluding carboxylic acids is 2. The quantitative estimate of drug-likeness (QED) is 0.641. The average Bonchev–Trinajstić information content (AvgIpc) is 2.70. The SMILES string of the molecule is Cc1nn(C)cc1CNC(=O)NC(=O)CCCCC(=O)O. The molecule has 0 saturated carbocycles. The highest BCUT2D eigenvalue weighted by Gasteiger charge is 2.09. The molecule has 1 rings (SSSR count). The van der Waals surface area contributed by atoms with Crippen LogP contribution in [0.5, 0.6) is 0 Å². The molecule has 1 aromatic rings. The van der Waals surface area contributed by atoms with Gasteiger partial charge in [0.25, 0.3) is 0 Å². The molecule has 0 unspecified atom stereocenters. The fraction of sp³-hybridized carbons (Fsp3) is 0.538. The summed E-state index contributed by atoms with van der Waals surface area (Å²) in [6, 6.07) is -0.568. The minimum atomic E-state index is -0.889. The molecule has 1 heterocycles. The van der Waals surface area contributed by atoms with Gasteiger partial charge in [0.1, 0.15) is 0 Å². The van der Waals surface area contributed by atoms with E-state index in [1.807, 2.05) is 6.92 Å². The van der Waals surface area contributed by atoms with Gasteiger partial charge in [0.2, 0.25) is 5.91 Å². The standard InChI is InChI=1S/C13H20N4O4/c1-9-10(8-17(2)16-9)7-14-13(21)15-11(18)5-3-4-6-12(19)20/h8H,3-7H2,1-2H3,(H,19,20)(H2,14,15,18,21). The zero-order valence-corrected chi connectivity index (χ0v) is 12.2. The molecule has 0 aromatic carbocycles. The second-order valence-electron chi connectivity index (χ2n) is 4.75. The van der Waals surface area contributed by atoms with Gasteiger partial charge in [-0.3, -0.25) is 19.6 Å². The summed E-state index contributed by atoms with van der Waals surface area (Å²) in [6.07, 6.45) is 2.81. The maximum Gasteiger partial charge on any atom is 0.321 e. The molecular formula is C13H20N4O4. The number of carboxylic acids is 1. The Morgan fingerprint density at radius 1 is 1.29 bits per heavy atom. The fourth-order valence-corrected chi connectivity index (χ4v) is 1.79. The molecule has 116 valence electrons. The van der Waals surface area contributed by atoms with E-state index in [9.17, 15) is 14.4 Å². The number of hydrogen-bond acceptors (Lipinski definition) is 4. The summed E-state index contributed by atoms with van der Waals surface area (Å²) < 4.78 is 1.65. The highest BCUT2D eigenvalue weighted by molar-refractivity contribution is 5.94. The lowest BCUT2D eigenvalue weighted by atomic mass is 10.2. The van der Waals surface area contributed by atoms with Crippen LogP contribution in [0.2, 0.25) is 0 Å². The van der Waals surface area contributed by atoms with Crippen LogP contribution in [0, 0.1) is 6.92 Å². The lowest BCUT2D eigenvalue weighted by Crippen LogP contribution is -2.39. The van der Waals surface area contributed by atoms with Crippen LogP contribution in [-0.2, 0) is 23.2 Å². The Kier molecular flexibility index (Phi) is 6.38. The Balaban J connectivity index is 2.22. The normalized spacial score (nSPS) is 10.2. The van der Waals surface area contributed by atoms with Gasteiger partial charge < -0.3 is 10.4 Å². The monoisotopic (exact) mass is 296 g/mol. The number of hydrogen-bond donors (Lipinski definition) is 3. The first-order chi connectivity index (χ1) is 9.88. The van der Waals surface area contributed by atoms with E-state index >= 15 is 0 Å². The molecule has 21 heavy (non-hydrogen) atoms. The number of urea groups is 1.